The Labute approximate surface area is 169 Å². The predicted molar refractivity (Wildman–Crippen MR) is 111 cm³/mol. The molecule has 0 radical (unpaired) electrons. The Morgan fingerprint density at radius 1 is 1.10 bits per heavy atom. The second-order valence-corrected chi connectivity index (χ2v) is 7.01. The van der Waals surface area contributed by atoms with Gasteiger partial charge in [0.05, 0.1) is 5.92 Å². The van der Waals surface area contributed by atoms with E-state index in [1.165, 1.54) is 0 Å². The van der Waals surface area contributed by atoms with Crippen LogP contribution in [-0.2, 0) is 6.54 Å². The number of carbonyl (C=O) groups is 2. The van der Waals surface area contributed by atoms with E-state index in [9.17, 15) is 9.59 Å². The van der Waals surface area contributed by atoms with Crippen LogP contribution in [0.15, 0.2) is 83.8 Å². The first-order chi connectivity index (χ1) is 14.2. The number of fused-ring (bicyclic) bond motifs is 1. The van der Waals surface area contributed by atoms with Crippen LogP contribution in [0.2, 0.25) is 0 Å². The molecule has 29 heavy (non-hydrogen) atoms. The highest BCUT2D eigenvalue weighted by molar-refractivity contribution is 5.97. The predicted octanol–water partition coefficient (Wildman–Crippen LogP) is 3.98. The molecule has 0 unspecified atom stereocenters. The van der Waals surface area contributed by atoms with Gasteiger partial charge in [-0.2, -0.15) is 0 Å². The van der Waals surface area contributed by atoms with Crippen molar-refractivity contribution in [3.8, 4) is 0 Å². The first-order valence-electron chi connectivity index (χ1n) is 9.58. The van der Waals surface area contributed by atoms with Crippen LogP contribution in [0.3, 0.4) is 0 Å². The van der Waals surface area contributed by atoms with Crippen molar-refractivity contribution in [2.75, 3.05) is 13.1 Å². The summed E-state index contributed by atoms with van der Waals surface area (Å²) in [6.45, 7) is 4.99. The van der Waals surface area contributed by atoms with E-state index in [1.54, 1.807) is 12.1 Å². The van der Waals surface area contributed by atoms with E-state index in [-0.39, 0.29) is 23.5 Å². The molecule has 1 N–H and O–H groups in total. The monoisotopic (exact) mass is 386 g/mol. The molecule has 4 rings (SSSR count). The first kappa shape index (κ1) is 18.7. The topological polar surface area (TPSA) is 62.6 Å². The molecule has 1 aliphatic rings. The van der Waals surface area contributed by atoms with Gasteiger partial charge in [0.25, 0.3) is 11.8 Å². The Kier molecular flexibility index (Phi) is 5.29. The molecule has 2 aromatic carbocycles. The van der Waals surface area contributed by atoms with Gasteiger partial charge in [0, 0.05) is 25.2 Å². The summed E-state index contributed by atoms with van der Waals surface area (Å²) in [6, 6.07) is 21.0. The molecule has 0 spiro atoms. The highest BCUT2D eigenvalue weighted by Crippen LogP contribution is 2.35. The quantitative estimate of drug-likeness (QED) is 0.652. The van der Waals surface area contributed by atoms with Crippen molar-refractivity contribution in [1.29, 1.82) is 0 Å². The molecular weight excluding hydrogens is 364 g/mol. The molecule has 146 valence electrons. The van der Waals surface area contributed by atoms with Gasteiger partial charge in [0.15, 0.2) is 5.76 Å². The van der Waals surface area contributed by atoms with Gasteiger partial charge >= 0.3 is 0 Å². The van der Waals surface area contributed by atoms with E-state index in [4.69, 9.17) is 4.42 Å². The van der Waals surface area contributed by atoms with Crippen molar-refractivity contribution < 1.29 is 14.0 Å². The zero-order valence-corrected chi connectivity index (χ0v) is 16.0. The number of nitrogens with one attached hydrogen (secondary N) is 1. The minimum absolute atomic E-state index is 0.0104. The van der Waals surface area contributed by atoms with Crippen LogP contribution in [0.1, 0.15) is 43.7 Å². The molecule has 2 amide bonds. The summed E-state index contributed by atoms with van der Waals surface area (Å²) < 4.78 is 5.89. The molecule has 2 heterocycles. The average molecular weight is 386 g/mol. The number of carbonyl (C=O) groups excluding carboxylic acids is 2. The third-order valence-corrected chi connectivity index (χ3v) is 5.07. The number of hydrogen-bond acceptors (Lipinski definition) is 3. The Balaban J connectivity index is 1.64. The minimum atomic E-state index is -0.280. The number of furan rings is 1. The maximum atomic E-state index is 13.1. The lowest BCUT2D eigenvalue weighted by atomic mass is 9.87. The molecule has 0 fully saturated rings. The smallest absolute Gasteiger partial charge is 0.287 e. The number of rotatable bonds is 6. The largest absolute Gasteiger partial charge is 0.455 e. The summed E-state index contributed by atoms with van der Waals surface area (Å²) in [5, 5.41) is 2.72. The Morgan fingerprint density at radius 2 is 1.86 bits per heavy atom. The number of benzene rings is 2. The third kappa shape index (κ3) is 3.85. The summed E-state index contributed by atoms with van der Waals surface area (Å²) in [4.78, 5) is 27.1. The van der Waals surface area contributed by atoms with Crippen LogP contribution in [0.25, 0.3) is 0 Å². The van der Waals surface area contributed by atoms with E-state index in [2.05, 4.69) is 11.9 Å². The number of amides is 2. The second kappa shape index (κ2) is 8.19. The lowest BCUT2D eigenvalue weighted by Crippen LogP contribution is -2.39. The number of hydrogen-bond donors (Lipinski definition) is 1. The van der Waals surface area contributed by atoms with Crippen LogP contribution in [0, 0.1) is 0 Å². The molecule has 3 aromatic rings. The Morgan fingerprint density at radius 3 is 2.66 bits per heavy atom. The van der Waals surface area contributed by atoms with Crippen LogP contribution in [0.4, 0.5) is 0 Å². The van der Waals surface area contributed by atoms with Crippen LogP contribution in [-0.4, -0.2) is 29.8 Å². The lowest BCUT2D eigenvalue weighted by Gasteiger charge is -2.33. The molecule has 0 saturated heterocycles. The molecule has 5 heteroatoms. The molecule has 0 aliphatic carbocycles. The van der Waals surface area contributed by atoms with Crippen molar-refractivity contribution in [2.45, 2.75) is 12.5 Å². The fourth-order valence-electron chi connectivity index (χ4n) is 3.67. The van der Waals surface area contributed by atoms with Gasteiger partial charge in [0.2, 0.25) is 0 Å². The van der Waals surface area contributed by atoms with E-state index >= 15 is 0 Å². The zero-order chi connectivity index (χ0) is 20.2. The van der Waals surface area contributed by atoms with Crippen LogP contribution in [0.5, 0.6) is 0 Å². The van der Waals surface area contributed by atoms with Gasteiger partial charge in [-0.3, -0.25) is 9.59 Å². The minimum Gasteiger partial charge on any atom is -0.455 e. The Bertz CT molecular complexity index is 1040. The Hall–Kier alpha value is -3.60. The van der Waals surface area contributed by atoms with E-state index in [1.807, 2.05) is 65.6 Å². The van der Waals surface area contributed by atoms with Gasteiger partial charge < -0.3 is 14.6 Å². The molecule has 0 bridgehead atoms. The first-order valence-corrected chi connectivity index (χ1v) is 9.58. The zero-order valence-electron chi connectivity index (χ0n) is 16.0. The van der Waals surface area contributed by atoms with Gasteiger partial charge in [-0.15, -0.1) is 6.58 Å². The second-order valence-electron chi connectivity index (χ2n) is 7.01. The summed E-state index contributed by atoms with van der Waals surface area (Å²) in [6.07, 6.45) is 1.62. The highest BCUT2D eigenvalue weighted by Gasteiger charge is 2.33. The average Bonchev–Trinajstić information content (AvgIpc) is 3.25. The molecule has 0 saturated carbocycles. The van der Waals surface area contributed by atoms with E-state index < -0.39 is 0 Å². The van der Waals surface area contributed by atoms with Crippen LogP contribution >= 0.6 is 0 Å². The summed E-state index contributed by atoms with van der Waals surface area (Å²) >= 11 is 0. The lowest BCUT2D eigenvalue weighted by molar-refractivity contribution is 0.0710. The maximum Gasteiger partial charge on any atom is 0.287 e. The molecule has 5 nitrogen and oxygen atoms in total. The van der Waals surface area contributed by atoms with Gasteiger partial charge in [-0.25, -0.2) is 0 Å². The SMILES string of the molecule is C=CCNC(=O)c1ccc([C@H]2CN(Cc3ccccc3)C(=O)c3ccccc32)o1. The summed E-state index contributed by atoms with van der Waals surface area (Å²) in [5.41, 5.74) is 2.67. The van der Waals surface area contributed by atoms with Crippen molar-refractivity contribution in [2.24, 2.45) is 0 Å². The van der Waals surface area contributed by atoms with E-state index in [0.717, 1.165) is 11.1 Å². The molecular formula is C24H22N2O3. The van der Waals surface area contributed by atoms with E-state index in [0.29, 0.717) is 31.0 Å². The highest BCUT2D eigenvalue weighted by atomic mass is 16.4. The van der Waals surface area contributed by atoms with Crippen molar-refractivity contribution >= 4 is 11.8 Å². The van der Waals surface area contributed by atoms with Crippen molar-refractivity contribution in [3.63, 3.8) is 0 Å². The summed E-state index contributed by atoms with van der Waals surface area (Å²) in [5.74, 6) is 0.528. The van der Waals surface area contributed by atoms with Crippen molar-refractivity contribution in [1.82, 2.24) is 10.2 Å². The number of nitrogens with zero attached hydrogens (tertiary/aromatic N) is 1. The fraction of sp³-hybridized carbons (Fsp3) is 0.167. The molecule has 1 aromatic heterocycles. The van der Waals surface area contributed by atoms with Crippen molar-refractivity contribution in [3.05, 3.63) is 108 Å². The maximum absolute atomic E-state index is 13.1. The molecule has 1 atom stereocenters. The van der Waals surface area contributed by atoms with Gasteiger partial charge in [-0.1, -0.05) is 54.6 Å². The molecule has 1 aliphatic heterocycles. The fourth-order valence-corrected chi connectivity index (χ4v) is 3.67. The van der Waals surface area contributed by atoms with Crippen LogP contribution < -0.4 is 5.32 Å². The summed E-state index contributed by atoms with van der Waals surface area (Å²) in [7, 11) is 0. The normalized spacial score (nSPS) is 15.7. The van der Waals surface area contributed by atoms with Gasteiger partial charge in [-0.05, 0) is 29.3 Å². The standard InChI is InChI=1S/C24H22N2O3/c1-2-14-25-23(27)22-13-12-21(29-22)20-16-26(15-17-8-4-3-5-9-17)24(28)19-11-7-6-10-18(19)20/h2-13,20H,1,14-16H2,(H,25,27)/t20-/m0/s1. The third-order valence-electron chi connectivity index (χ3n) is 5.07. The van der Waals surface area contributed by atoms with Gasteiger partial charge in [0.1, 0.15) is 5.76 Å².